The van der Waals surface area contributed by atoms with Gasteiger partial charge in [-0.05, 0) is 30.4 Å². The zero-order valence-electron chi connectivity index (χ0n) is 16.4. The SMILES string of the molecule is S=c1[nH]nc(-c2nc(-c3ccccc3)cc(-c3ccccc3)n2)n1Nc1ccccc1. The minimum atomic E-state index is 0.425. The molecule has 5 aromatic rings. The van der Waals surface area contributed by atoms with Gasteiger partial charge in [0, 0.05) is 11.1 Å². The van der Waals surface area contributed by atoms with Crippen LogP contribution in [0.25, 0.3) is 34.2 Å². The summed E-state index contributed by atoms with van der Waals surface area (Å²) in [4.78, 5) is 9.63. The molecular weight excluding hydrogens is 404 g/mol. The lowest BCUT2D eigenvalue weighted by Crippen LogP contribution is -2.12. The summed E-state index contributed by atoms with van der Waals surface area (Å²) < 4.78 is 2.11. The topological polar surface area (TPSA) is 71.4 Å². The van der Waals surface area contributed by atoms with Crippen molar-refractivity contribution in [1.29, 1.82) is 0 Å². The van der Waals surface area contributed by atoms with Gasteiger partial charge in [-0.3, -0.25) is 5.43 Å². The second kappa shape index (κ2) is 8.33. The van der Waals surface area contributed by atoms with E-state index in [1.807, 2.05) is 97.1 Å². The van der Waals surface area contributed by atoms with Crippen LogP contribution in [0.4, 0.5) is 5.69 Å². The van der Waals surface area contributed by atoms with Crippen LogP contribution in [0.5, 0.6) is 0 Å². The summed E-state index contributed by atoms with van der Waals surface area (Å²) in [6, 6.07) is 31.8. The first kappa shape index (κ1) is 18.9. The average Bonchev–Trinajstić information content (AvgIpc) is 3.20. The van der Waals surface area contributed by atoms with Crippen LogP contribution in [-0.2, 0) is 0 Å². The predicted molar refractivity (Wildman–Crippen MR) is 125 cm³/mol. The van der Waals surface area contributed by atoms with E-state index >= 15 is 0 Å². The van der Waals surface area contributed by atoms with E-state index in [9.17, 15) is 0 Å². The minimum absolute atomic E-state index is 0.425. The highest BCUT2D eigenvalue weighted by Crippen LogP contribution is 2.26. The molecular formula is C24H18N6S. The maximum atomic E-state index is 5.45. The summed E-state index contributed by atoms with van der Waals surface area (Å²) in [5.74, 6) is 0.972. The summed E-state index contributed by atoms with van der Waals surface area (Å²) in [7, 11) is 0. The van der Waals surface area contributed by atoms with E-state index in [0.29, 0.717) is 16.4 Å². The standard InChI is InChI=1S/C24H18N6S/c31-24-28-27-23(30(24)29-19-14-8-3-9-15-19)22-25-20(17-10-4-1-5-11-17)16-21(26-22)18-12-6-2-7-13-18/h1-16,29H,(H,28,31). The van der Waals surface area contributed by atoms with Crippen LogP contribution in [-0.4, -0.2) is 24.8 Å². The maximum Gasteiger partial charge on any atom is 0.219 e. The third-order valence-corrected chi connectivity index (χ3v) is 5.03. The molecule has 0 radical (unpaired) electrons. The highest BCUT2D eigenvalue weighted by Gasteiger charge is 2.16. The molecule has 6 nitrogen and oxygen atoms in total. The van der Waals surface area contributed by atoms with Crippen molar-refractivity contribution >= 4 is 17.9 Å². The Morgan fingerprint density at radius 3 is 1.77 bits per heavy atom. The quantitative estimate of drug-likeness (QED) is 0.360. The lowest BCUT2D eigenvalue weighted by Gasteiger charge is -2.11. The lowest BCUT2D eigenvalue weighted by molar-refractivity contribution is 0.928. The van der Waals surface area contributed by atoms with Crippen molar-refractivity contribution in [3.8, 4) is 34.2 Å². The van der Waals surface area contributed by atoms with E-state index in [1.165, 1.54) is 0 Å². The summed E-state index contributed by atoms with van der Waals surface area (Å²) in [5.41, 5.74) is 7.77. The third-order valence-electron chi connectivity index (χ3n) is 4.75. The van der Waals surface area contributed by atoms with E-state index in [2.05, 4.69) is 15.6 Å². The largest absolute Gasteiger partial charge is 0.290 e. The molecule has 2 N–H and O–H groups in total. The van der Waals surface area contributed by atoms with Crippen LogP contribution in [0.15, 0.2) is 97.1 Å². The van der Waals surface area contributed by atoms with Crippen LogP contribution in [0.3, 0.4) is 0 Å². The van der Waals surface area contributed by atoms with Crippen molar-refractivity contribution in [2.45, 2.75) is 0 Å². The zero-order chi connectivity index (χ0) is 21.0. The van der Waals surface area contributed by atoms with Gasteiger partial charge in [-0.2, -0.15) is 0 Å². The first-order valence-corrected chi connectivity index (χ1v) is 10.2. The van der Waals surface area contributed by atoms with Gasteiger partial charge in [-0.15, -0.1) is 5.10 Å². The number of hydrogen-bond acceptors (Lipinski definition) is 5. The second-order valence-corrected chi connectivity index (χ2v) is 7.25. The predicted octanol–water partition coefficient (Wildman–Crippen LogP) is 5.61. The van der Waals surface area contributed by atoms with E-state index in [4.69, 9.17) is 22.2 Å². The monoisotopic (exact) mass is 422 g/mol. The highest BCUT2D eigenvalue weighted by molar-refractivity contribution is 7.71. The molecule has 0 saturated carbocycles. The molecule has 0 aliphatic carbocycles. The van der Waals surface area contributed by atoms with Gasteiger partial charge in [0.1, 0.15) is 0 Å². The number of hydrogen-bond donors (Lipinski definition) is 2. The molecule has 0 aliphatic heterocycles. The minimum Gasteiger partial charge on any atom is -0.290 e. The highest BCUT2D eigenvalue weighted by atomic mass is 32.1. The first-order valence-electron chi connectivity index (χ1n) is 9.78. The number of benzene rings is 3. The fourth-order valence-electron chi connectivity index (χ4n) is 3.25. The molecule has 31 heavy (non-hydrogen) atoms. The zero-order valence-corrected chi connectivity index (χ0v) is 17.3. The summed E-state index contributed by atoms with van der Waals surface area (Å²) in [6.45, 7) is 0. The van der Waals surface area contributed by atoms with Crippen LogP contribution in [0, 0.1) is 4.77 Å². The number of nitrogens with one attached hydrogen (secondary N) is 2. The Kier molecular flexibility index (Phi) is 5.08. The molecule has 150 valence electrons. The molecule has 2 aromatic heterocycles. The Bertz CT molecular complexity index is 1300. The number of rotatable bonds is 5. The first-order chi connectivity index (χ1) is 15.3. The van der Waals surface area contributed by atoms with Gasteiger partial charge in [-0.1, -0.05) is 78.9 Å². The number of aromatic nitrogens is 5. The van der Waals surface area contributed by atoms with Gasteiger partial charge in [0.2, 0.25) is 16.4 Å². The molecule has 0 spiro atoms. The molecule has 2 heterocycles. The van der Waals surface area contributed by atoms with Gasteiger partial charge in [0.05, 0.1) is 17.1 Å². The van der Waals surface area contributed by atoms with Crippen molar-refractivity contribution in [3.63, 3.8) is 0 Å². The van der Waals surface area contributed by atoms with Crippen LogP contribution in [0.1, 0.15) is 0 Å². The van der Waals surface area contributed by atoms with E-state index < -0.39 is 0 Å². The van der Waals surface area contributed by atoms with Crippen molar-refractivity contribution in [2.75, 3.05) is 5.43 Å². The number of para-hydroxylation sites is 1. The number of H-pyrrole nitrogens is 1. The molecule has 5 rings (SSSR count). The van der Waals surface area contributed by atoms with Gasteiger partial charge in [0.25, 0.3) is 0 Å². The maximum absolute atomic E-state index is 5.45. The van der Waals surface area contributed by atoms with E-state index in [-0.39, 0.29) is 0 Å². The van der Waals surface area contributed by atoms with Crippen molar-refractivity contribution in [2.24, 2.45) is 0 Å². The van der Waals surface area contributed by atoms with Crippen LogP contribution >= 0.6 is 12.2 Å². The van der Waals surface area contributed by atoms with Crippen molar-refractivity contribution in [1.82, 2.24) is 24.8 Å². The smallest absolute Gasteiger partial charge is 0.219 e. The fraction of sp³-hybridized carbons (Fsp3) is 0. The number of nitrogens with zero attached hydrogens (tertiary/aromatic N) is 4. The molecule has 3 aromatic carbocycles. The molecule has 0 fully saturated rings. The Labute approximate surface area is 184 Å². The normalized spacial score (nSPS) is 10.7. The Morgan fingerprint density at radius 1 is 0.710 bits per heavy atom. The average molecular weight is 423 g/mol. The molecule has 0 aliphatic rings. The molecule has 0 bridgehead atoms. The molecule has 0 unspecified atom stereocenters. The van der Waals surface area contributed by atoms with Crippen LogP contribution in [0.2, 0.25) is 0 Å². The third kappa shape index (κ3) is 3.99. The fourth-order valence-corrected chi connectivity index (χ4v) is 3.43. The van der Waals surface area contributed by atoms with E-state index in [1.54, 1.807) is 4.68 Å². The van der Waals surface area contributed by atoms with Gasteiger partial charge >= 0.3 is 0 Å². The number of anilines is 1. The van der Waals surface area contributed by atoms with Crippen LogP contribution < -0.4 is 5.43 Å². The van der Waals surface area contributed by atoms with Gasteiger partial charge < -0.3 is 0 Å². The van der Waals surface area contributed by atoms with Gasteiger partial charge in [0.15, 0.2) is 0 Å². The second-order valence-electron chi connectivity index (χ2n) is 6.86. The van der Waals surface area contributed by atoms with Crippen molar-refractivity contribution < 1.29 is 0 Å². The van der Waals surface area contributed by atoms with E-state index in [0.717, 1.165) is 28.2 Å². The Hall–Kier alpha value is -4.10. The lowest BCUT2D eigenvalue weighted by atomic mass is 10.1. The summed E-state index contributed by atoms with van der Waals surface area (Å²) in [5, 5.41) is 7.26. The summed E-state index contributed by atoms with van der Waals surface area (Å²) >= 11 is 5.45. The Morgan fingerprint density at radius 2 is 1.23 bits per heavy atom. The number of aromatic amines is 1. The summed E-state index contributed by atoms with van der Waals surface area (Å²) in [6.07, 6.45) is 0. The molecule has 7 heteroatoms. The molecule has 0 amide bonds. The van der Waals surface area contributed by atoms with Gasteiger partial charge in [-0.25, -0.2) is 19.7 Å². The molecule has 0 saturated heterocycles. The Balaban J connectivity index is 1.67. The van der Waals surface area contributed by atoms with Crippen molar-refractivity contribution in [3.05, 3.63) is 102 Å². The molecule has 0 atom stereocenters.